The molecule has 0 fully saturated rings. The molecule has 0 aromatic carbocycles. The summed E-state index contributed by atoms with van der Waals surface area (Å²) in [5.41, 5.74) is 0.226. The molecule has 0 radical (unpaired) electrons. The highest BCUT2D eigenvalue weighted by Crippen LogP contribution is 2.10. The first-order chi connectivity index (χ1) is 6.75. The predicted molar refractivity (Wildman–Crippen MR) is 54.9 cm³/mol. The first kappa shape index (κ1) is 11.1. The fourth-order valence-corrected chi connectivity index (χ4v) is 1.22. The van der Waals surface area contributed by atoms with Crippen LogP contribution in [-0.2, 0) is 4.74 Å². The van der Waals surface area contributed by atoms with Crippen molar-refractivity contribution >= 4 is 21.9 Å². The molecule has 0 N–H and O–H groups in total. The van der Waals surface area contributed by atoms with Crippen LogP contribution in [0.2, 0.25) is 0 Å². The third-order valence-electron chi connectivity index (χ3n) is 1.58. The normalized spacial score (nSPS) is 9.86. The average molecular weight is 259 g/mol. The lowest BCUT2D eigenvalue weighted by atomic mass is 10.4. The van der Waals surface area contributed by atoms with Crippen LogP contribution >= 0.6 is 15.9 Å². The highest BCUT2D eigenvalue weighted by Gasteiger charge is 2.12. The van der Waals surface area contributed by atoms with Crippen LogP contribution in [0, 0.1) is 0 Å². The number of halogens is 1. The van der Waals surface area contributed by atoms with Gasteiger partial charge in [0.25, 0.3) is 0 Å². The Labute approximate surface area is 90.8 Å². The number of aromatic nitrogens is 2. The van der Waals surface area contributed by atoms with Gasteiger partial charge in [-0.2, -0.15) is 0 Å². The number of ether oxygens (including phenoxy) is 1. The van der Waals surface area contributed by atoms with Gasteiger partial charge in [-0.25, -0.2) is 14.8 Å². The Morgan fingerprint density at radius 1 is 1.50 bits per heavy atom. The lowest BCUT2D eigenvalue weighted by Crippen LogP contribution is -2.09. The van der Waals surface area contributed by atoms with Crippen LogP contribution < -0.4 is 0 Å². The van der Waals surface area contributed by atoms with Gasteiger partial charge < -0.3 is 4.74 Å². The summed E-state index contributed by atoms with van der Waals surface area (Å²) in [5, 5.41) is 0. The van der Waals surface area contributed by atoms with E-state index in [4.69, 9.17) is 4.74 Å². The van der Waals surface area contributed by atoms with Crippen molar-refractivity contribution < 1.29 is 9.53 Å². The van der Waals surface area contributed by atoms with Gasteiger partial charge in [0.15, 0.2) is 5.69 Å². The van der Waals surface area contributed by atoms with Crippen molar-refractivity contribution in [2.24, 2.45) is 0 Å². The second kappa shape index (κ2) is 5.70. The Balaban J connectivity index is 2.56. The van der Waals surface area contributed by atoms with Gasteiger partial charge in [-0.05, 0) is 22.4 Å². The van der Waals surface area contributed by atoms with Crippen molar-refractivity contribution in [3.8, 4) is 0 Å². The van der Waals surface area contributed by atoms with Crippen molar-refractivity contribution in [3.63, 3.8) is 0 Å². The maximum absolute atomic E-state index is 11.4. The summed E-state index contributed by atoms with van der Waals surface area (Å²) in [6.07, 6.45) is 4.83. The summed E-state index contributed by atoms with van der Waals surface area (Å²) in [7, 11) is 0. The van der Waals surface area contributed by atoms with E-state index >= 15 is 0 Å². The zero-order valence-corrected chi connectivity index (χ0v) is 9.45. The summed E-state index contributed by atoms with van der Waals surface area (Å²) >= 11 is 3.13. The van der Waals surface area contributed by atoms with Gasteiger partial charge in [-0.15, -0.1) is 0 Å². The van der Waals surface area contributed by atoms with Crippen molar-refractivity contribution in [1.82, 2.24) is 9.97 Å². The van der Waals surface area contributed by atoms with E-state index < -0.39 is 5.97 Å². The van der Waals surface area contributed by atoms with E-state index in [2.05, 4.69) is 25.9 Å². The molecule has 14 heavy (non-hydrogen) atoms. The maximum atomic E-state index is 11.4. The topological polar surface area (TPSA) is 52.1 Å². The standard InChI is InChI=1S/C9H11BrN2O2/c1-2-3-6-14-9(13)7-8(10)12-5-4-11-7/h4-5H,2-3,6H2,1H3. The first-order valence-corrected chi connectivity index (χ1v) is 5.18. The monoisotopic (exact) mass is 258 g/mol. The third kappa shape index (κ3) is 3.06. The van der Waals surface area contributed by atoms with Gasteiger partial charge in [0.2, 0.25) is 0 Å². The number of esters is 1. The summed E-state index contributed by atoms with van der Waals surface area (Å²) in [5.74, 6) is -0.432. The van der Waals surface area contributed by atoms with Crippen LogP contribution in [0.4, 0.5) is 0 Å². The lowest BCUT2D eigenvalue weighted by Gasteiger charge is -2.03. The molecule has 1 aromatic rings. The number of carbonyl (C=O) groups is 1. The molecule has 76 valence electrons. The number of rotatable bonds is 4. The summed E-state index contributed by atoms with van der Waals surface area (Å²) in [6.45, 7) is 2.46. The van der Waals surface area contributed by atoms with Gasteiger partial charge in [0.05, 0.1) is 6.61 Å². The van der Waals surface area contributed by atoms with E-state index in [1.807, 2.05) is 6.92 Å². The molecule has 0 saturated heterocycles. The van der Waals surface area contributed by atoms with E-state index in [0.29, 0.717) is 11.2 Å². The van der Waals surface area contributed by atoms with Gasteiger partial charge in [0, 0.05) is 12.4 Å². The molecule has 1 rings (SSSR count). The second-order valence-electron chi connectivity index (χ2n) is 2.69. The minimum absolute atomic E-state index is 0.226. The van der Waals surface area contributed by atoms with E-state index in [-0.39, 0.29) is 5.69 Å². The minimum atomic E-state index is -0.432. The van der Waals surface area contributed by atoms with Gasteiger partial charge in [-0.1, -0.05) is 13.3 Å². The Bertz CT molecular complexity index is 317. The largest absolute Gasteiger partial charge is 0.461 e. The molecule has 0 bridgehead atoms. The lowest BCUT2D eigenvalue weighted by molar-refractivity contribution is 0.0491. The molecule has 0 aliphatic heterocycles. The third-order valence-corrected chi connectivity index (χ3v) is 2.16. The zero-order chi connectivity index (χ0) is 10.4. The Kier molecular flexibility index (Phi) is 4.52. The molecule has 5 heteroatoms. The molecule has 4 nitrogen and oxygen atoms in total. The number of unbranched alkanes of at least 4 members (excludes halogenated alkanes) is 1. The molecule has 0 aliphatic carbocycles. The van der Waals surface area contributed by atoms with Crippen molar-refractivity contribution in [3.05, 3.63) is 22.7 Å². The van der Waals surface area contributed by atoms with E-state index in [0.717, 1.165) is 12.8 Å². The molecule has 0 aliphatic rings. The molecule has 0 atom stereocenters. The fourth-order valence-electron chi connectivity index (χ4n) is 0.836. The maximum Gasteiger partial charge on any atom is 0.359 e. The first-order valence-electron chi connectivity index (χ1n) is 4.39. The smallest absolute Gasteiger partial charge is 0.359 e. The minimum Gasteiger partial charge on any atom is -0.461 e. The average Bonchev–Trinajstić information content (AvgIpc) is 2.18. The molecule has 1 aromatic heterocycles. The second-order valence-corrected chi connectivity index (χ2v) is 3.44. The number of hydrogen-bond acceptors (Lipinski definition) is 4. The summed E-state index contributed by atoms with van der Waals surface area (Å²) in [4.78, 5) is 19.1. The van der Waals surface area contributed by atoms with Gasteiger partial charge in [-0.3, -0.25) is 0 Å². The van der Waals surface area contributed by atoms with Gasteiger partial charge >= 0.3 is 5.97 Å². The van der Waals surface area contributed by atoms with Crippen LogP contribution in [0.1, 0.15) is 30.3 Å². The van der Waals surface area contributed by atoms with E-state index in [1.54, 1.807) is 0 Å². The van der Waals surface area contributed by atoms with Crippen molar-refractivity contribution in [2.45, 2.75) is 19.8 Å². The van der Waals surface area contributed by atoms with Crippen LogP contribution in [0.5, 0.6) is 0 Å². The molecule has 0 amide bonds. The zero-order valence-electron chi connectivity index (χ0n) is 7.86. The molecule has 0 saturated carbocycles. The molecule has 0 unspecified atom stereocenters. The van der Waals surface area contributed by atoms with Crippen molar-refractivity contribution in [1.29, 1.82) is 0 Å². The van der Waals surface area contributed by atoms with E-state index in [1.165, 1.54) is 12.4 Å². The Morgan fingerprint density at radius 3 is 2.86 bits per heavy atom. The molecule has 1 heterocycles. The van der Waals surface area contributed by atoms with Gasteiger partial charge in [0.1, 0.15) is 4.60 Å². The summed E-state index contributed by atoms with van der Waals surface area (Å²) < 4.78 is 5.40. The highest BCUT2D eigenvalue weighted by atomic mass is 79.9. The predicted octanol–water partition coefficient (Wildman–Crippen LogP) is 2.20. The van der Waals surface area contributed by atoms with Crippen LogP contribution in [0.3, 0.4) is 0 Å². The number of hydrogen-bond donors (Lipinski definition) is 0. The molecular formula is C9H11BrN2O2. The highest BCUT2D eigenvalue weighted by molar-refractivity contribution is 9.10. The summed E-state index contributed by atoms with van der Waals surface area (Å²) in [6, 6.07) is 0. The van der Waals surface area contributed by atoms with Crippen LogP contribution in [0.25, 0.3) is 0 Å². The quantitative estimate of drug-likeness (QED) is 0.614. The van der Waals surface area contributed by atoms with Crippen molar-refractivity contribution in [2.75, 3.05) is 6.61 Å². The molecular weight excluding hydrogens is 248 g/mol. The van der Waals surface area contributed by atoms with Crippen LogP contribution in [-0.4, -0.2) is 22.5 Å². The van der Waals surface area contributed by atoms with Crippen LogP contribution in [0.15, 0.2) is 17.0 Å². The Hall–Kier alpha value is -0.970. The fraction of sp³-hybridized carbons (Fsp3) is 0.444. The SMILES string of the molecule is CCCCOC(=O)c1nccnc1Br. The molecule has 0 spiro atoms. The van der Waals surface area contributed by atoms with E-state index in [9.17, 15) is 4.79 Å². The number of carbonyl (C=O) groups excluding carboxylic acids is 1. The Morgan fingerprint density at radius 2 is 2.21 bits per heavy atom. The number of nitrogens with zero attached hydrogens (tertiary/aromatic N) is 2.